The second-order valence-electron chi connectivity index (χ2n) is 4.12. The highest BCUT2D eigenvalue weighted by molar-refractivity contribution is 6.00. The van der Waals surface area contributed by atoms with Crippen molar-refractivity contribution in [3.63, 3.8) is 0 Å². The van der Waals surface area contributed by atoms with E-state index in [4.69, 9.17) is 16.1 Å². The highest BCUT2D eigenvalue weighted by Gasteiger charge is 2.18. The van der Waals surface area contributed by atoms with E-state index in [0.717, 1.165) is 18.2 Å². The average molecular weight is 289 g/mol. The summed E-state index contributed by atoms with van der Waals surface area (Å²) in [4.78, 5) is 11.1. The van der Waals surface area contributed by atoms with Crippen molar-refractivity contribution in [2.45, 2.75) is 0 Å². The number of benzene rings is 2. The first-order valence-corrected chi connectivity index (χ1v) is 5.72. The van der Waals surface area contributed by atoms with E-state index in [1.165, 1.54) is 12.1 Å². The minimum atomic E-state index is -1.44. The molecule has 0 aliphatic carbocycles. The molecule has 0 bridgehead atoms. The van der Waals surface area contributed by atoms with Crippen molar-refractivity contribution in [3.05, 3.63) is 53.1 Å². The lowest BCUT2D eigenvalue weighted by Gasteiger charge is -2.12. The van der Waals surface area contributed by atoms with E-state index in [0.29, 0.717) is 0 Å². The number of rotatable bonds is 3. The van der Waals surface area contributed by atoms with E-state index in [2.05, 4.69) is 5.32 Å². The molecule has 2 aromatic rings. The first kappa shape index (κ1) is 14.3. The van der Waals surface area contributed by atoms with Crippen LogP contribution in [0, 0.1) is 23.0 Å². The van der Waals surface area contributed by atoms with Crippen LogP contribution in [-0.4, -0.2) is 11.1 Å². The Morgan fingerprint density at radius 1 is 1.19 bits per heavy atom. The van der Waals surface area contributed by atoms with Crippen molar-refractivity contribution in [3.8, 4) is 6.07 Å². The Bertz CT molecular complexity index is 770. The summed E-state index contributed by atoms with van der Waals surface area (Å²) in [5, 5.41) is 20.3. The number of nitrogens with two attached hydrogens (primary N) is 1. The van der Waals surface area contributed by atoms with Crippen LogP contribution in [0.15, 0.2) is 30.3 Å². The minimum Gasteiger partial charge on any atom is -0.478 e. The molecule has 0 aromatic heterocycles. The monoisotopic (exact) mass is 289 g/mol. The van der Waals surface area contributed by atoms with Crippen LogP contribution in [0.3, 0.4) is 0 Å². The van der Waals surface area contributed by atoms with Crippen molar-refractivity contribution < 1.29 is 18.7 Å². The summed E-state index contributed by atoms with van der Waals surface area (Å²) in [6, 6.07) is 7.53. The Hall–Kier alpha value is -3.14. The SMILES string of the molecule is N#Cc1ccc(Nc2ccc(F)c(N)c2C(=O)O)c(F)c1. The Kier molecular flexibility index (Phi) is 3.71. The van der Waals surface area contributed by atoms with Crippen LogP contribution in [0.2, 0.25) is 0 Å². The fourth-order valence-electron chi connectivity index (χ4n) is 1.76. The van der Waals surface area contributed by atoms with Crippen LogP contribution < -0.4 is 11.1 Å². The third-order valence-electron chi connectivity index (χ3n) is 2.77. The molecule has 106 valence electrons. The molecule has 4 N–H and O–H groups in total. The largest absolute Gasteiger partial charge is 0.478 e. The third-order valence-corrected chi connectivity index (χ3v) is 2.77. The lowest BCUT2D eigenvalue weighted by Crippen LogP contribution is -2.09. The number of nitrogen functional groups attached to an aromatic ring is 1. The molecule has 0 unspecified atom stereocenters. The van der Waals surface area contributed by atoms with Gasteiger partial charge in [-0.25, -0.2) is 13.6 Å². The summed E-state index contributed by atoms with van der Waals surface area (Å²) in [6.07, 6.45) is 0. The van der Waals surface area contributed by atoms with E-state index in [-0.39, 0.29) is 16.9 Å². The zero-order valence-electron chi connectivity index (χ0n) is 10.5. The highest BCUT2D eigenvalue weighted by Crippen LogP contribution is 2.29. The molecule has 21 heavy (non-hydrogen) atoms. The van der Waals surface area contributed by atoms with Gasteiger partial charge in [-0.05, 0) is 30.3 Å². The molecule has 0 saturated carbocycles. The van der Waals surface area contributed by atoms with Gasteiger partial charge in [-0.3, -0.25) is 0 Å². The molecule has 2 rings (SSSR count). The topological polar surface area (TPSA) is 99.1 Å². The first-order valence-electron chi connectivity index (χ1n) is 5.72. The number of nitrogens with zero attached hydrogens (tertiary/aromatic N) is 1. The number of halogens is 2. The molecule has 7 heteroatoms. The van der Waals surface area contributed by atoms with Gasteiger partial charge in [-0.1, -0.05) is 0 Å². The number of nitrogens with one attached hydrogen (secondary N) is 1. The lowest BCUT2D eigenvalue weighted by atomic mass is 10.1. The first-order chi connectivity index (χ1) is 9.93. The molecule has 0 heterocycles. The number of nitriles is 1. The minimum absolute atomic E-state index is 0.0509. The summed E-state index contributed by atoms with van der Waals surface area (Å²) in [5.41, 5.74) is 4.38. The zero-order chi connectivity index (χ0) is 15.6. The summed E-state index contributed by atoms with van der Waals surface area (Å²) >= 11 is 0. The van der Waals surface area contributed by atoms with E-state index < -0.39 is 28.9 Å². The predicted molar refractivity (Wildman–Crippen MR) is 72.2 cm³/mol. The quantitative estimate of drug-likeness (QED) is 0.754. The number of carboxylic acids is 1. The second-order valence-corrected chi connectivity index (χ2v) is 4.12. The van der Waals surface area contributed by atoms with Crippen molar-refractivity contribution in [1.29, 1.82) is 5.26 Å². The Balaban J connectivity index is 2.48. The molecule has 0 aliphatic heterocycles. The number of anilines is 3. The molecular formula is C14H9F2N3O2. The maximum atomic E-state index is 13.8. The van der Waals surface area contributed by atoms with Gasteiger partial charge in [0.1, 0.15) is 17.2 Å². The van der Waals surface area contributed by atoms with Gasteiger partial charge in [0.2, 0.25) is 0 Å². The average Bonchev–Trinajstić information content (AvgIpc) is 2.44. The number of hydrogen-bond donors (Lipinski definition) is 3. The molecule has 0 fully saturated rings. The number of carboxylic acid groups (broad SMARTS) is 1. The summed E-state index contributed by atoms with van der Waals surface area (Å²) in [7, 11) is 0. The lowest BCUT2D eigenvalue weighted by molar-refractivity contribution is 0.0698. The van der Waals surface area contributed by atoms with E-state index >= 15 is 0 Å². The van der Waals surface area contributed by atoms with Crippen molar-refractivity contribution in [2.24, 2.45) is 0 Å². The van der Waals surface area contributed by atoms with E-state index in [1.807, 2.05) is 0 Å². The normalized spacial score (nSPS) is 9.95. The van der Waals surface area contributed by atoms with Gasteiger partial charge >= 0.3 is 5.97 Å². The highest BCUT2D eigenvalue weighted by atomic mass is 19.1. The number of aromatic carboxylic acids is 1. The van der Waals surface area contributed by atoms with Gasteiger partial charge in [0.15, 0.2) is 0 Å². The van der Waals surface area contributed by atoms with Crippen molar-refractivity contribution in [1.82, 2.24) is 0 Å². The Labute approximate surface area is 118 Å². The van der Waals surface area contributed by atoms with Gasteiger partial charge in [-0.15, -0.1) is 0 Å². The second kappa shape index (κ2) is 5.46. The molecule has 0 spiro atoms. The fourth-order valence-corrected chi connectivity index (χ4v) is 1.76. The third kappa shape index (κ3) is 2.74. The summed E-state index contributed by atoms with van der Waals surface area (Å²) in [5.74, 6) is -3.06. The van der Waals surface area contributed by atoms with Crippen LogP contribution in [0.5, 0.6) is 0 Å². The van der Waals surface area contributed by atoms with Gasteiger partial charge in [0.05, 0.1) is 28.7 Å². The van der Waals surface area contributed by atoms with Crippen LogP contribution in [0.25, 0.3) is 0 Å². The van der Waals surface area contributed by atoms with Crippen LogP contribution in [0.1, 0.15) is 15.9 Å². The van der Waals surface area contributed by atoms with Crippen LogP contribution in [-0.2, 0) is 0 Å². The Morgan fingerprint density at radius 3 is 2.43 bits per heavy atom. The van der Waals surface area contributed by atoms with Gasteiger partial charge < -0.3 is 16.2 Å². The smallest absolute Gasteiger partial charge is 0.340 e. The molecule has 0 amide bonds. The van der Waals surface area contributed by atoms with Crippen LogP contribution in [0.4, 0.5) is 25.8 Å². The molecule has 2 aromatic carbocycles. The maximum absolute atomic E-state index is 13.8. The molecule has 0 aliphatic rings. The van der Waals surface area contributed by atoms with E-state index in [1.54, 1.807) is 6.07 Å². The molecule has 0 atom stereocenters. The summed E-state index contributed by atoms with van der Waals surface area (Å²) in [6.45, 7) is 0. The fraction of sp³-hybridized carbons (Fsp3) is 0. The zero-order valence-corrected chi connectivity index (χ0v) is 10.5. The van der Waals surface area contributed by atoms with Crippen LogP contribution >= 0.6 is 0 Å². The standard InChI is InChI=1S/C14H9F2N3O2/c15-8-2-4-11(12(13(8)18)14(20)21)19-10-3-1-7(6-17)5-9(10)16/h1-5,19H,18H2,(H,20,21). The molecule has 5 nitrogen and oxygen atoms in total. The number of hydrogen-bond acceptors (Lipinski definition) is 4. The predicted octanol–water partition coefficient (Wildman–Crippen LogP) is 2.86. The van der Waals surface area contributed by atoms with Crippen molar-refractivity contribution in [2.75, 3.05) is 11.1 Å². The van der Waals surface area contributed by atoms with Gasteiger partial charge in [0.25, 0.3) is 0 Å². The van der Waals surface area contributed by atoms with Gasteiger partial charge in [0, 0.05) is 0 Å². The van der Waals surface area contributed by atoms with Crippen molar-refractivity contribution >= 4 is 23.0 Å². The maximum Gasteiger partial charge on any atom is 0.340 e. The molecular weight excluding hydrogens is 280 g/mol. The molecule has 0 saturated heterocycles. The Morgan fingerprint density at radius 2 is 1.86 bits per heavy atom. The number of carbonyl (C=O) groups is 1. The van der Waals surface area contributed by atoms with E-state index in [9.17, 15) is 13.6 Å². The summed E-state index contributed by atoms with van der Waals surface area (Å²) < 4.78 is 27.1. The molecule has 0 radical (unpaired) electrons. The van der Waals surface area contributed by atoms with Gasteiger partial charge in [-0.2, -0.15) is 5.26 Å².